The molecule has 0 fully saturated rings. The molecule has 0 radical (unpaired) electrons. The van der Waals surface area contributed by atoms with Crippen molar-refractivity contribution in [2.75, 3.05) is 13.6 Å². The third-order valence-corrected chi connectivity index (χ3v) is 7.14. The minimum Gasteiger partial charge on any atom is -0.320 e. The topological polar surface area (TPSA) is 32.3 Å². The van der Waals surface area contributed by atoms with Crippen LogP contribution in [0.3, 0.4) is 0 Å². The number of amides is 1. The normalized spacial score (nSPS) is 13.7. The lowest BCUT2D eigenvalue weighted by Crippen LogP contribution is -2.23. The van der Waals surface area contributed by atoms with Gasteiger partial charge in [-0.2, -0.15) is 0 Å². The maximum atomic E-state index is 11.0. The average molecular weight is 591 g/mol. The number of hydrogen-bond donors (Lipinski definition) is 1. The highest BCUT2D eigenvalue weighted by atomic mass is 35.5. The molecule has 230 valence electrons. The molecule has 2 aromatic rings. The number of carbonyl (C=O) groups is 1. The first-order valence-electron chi connectivity index (χ1n) is 15.6. The Bertz CT molecular complexity index is 1150. The number of halogens is 1. The molecule has 0 saturated carbocycles. The molecule has 4 heteroatoms. The number of unbranched alkanes of at least 4 members (excludes halogenated alkanes) is 1. The Hall–Kier alpha value is -3.06. The van der Waals surface area contributed by atoms with Gasteiger partial charge in [-0.3, -0.25) is 9.69 Å². The van der Waals surface area contributed by atoms with Gasteiger partial charge in [-0.25, -0.2) is 0 Å². The van der Waals surface area contributed by atoms with Crippen LogP contribution in [0.25, 0.3) is 0 Å². The molecule has 1 aliphatic carbocycles. The van der Waals surface area contributed by atoms with E-state index in [1.165, 1.54) is 43.4 Å². The number of allylic oxidation sites excluding steroid dienone is 5. The maximum Gasteiger partial charge on any atom is 0.299 e. The maximum absolute atomic E-state index is 11.0. The molecule has 1 aliphatic rings. The van der Waals surface area contributed by atoms with Crippen LogP contribution in [0.1, 0.15) is 102 Å². The molecule has 0 aromatic heterocycles. The summed E-state index contributed by atoms with van der Waals surface area (Å²) >= 11 is 5.86. The fraction of sp³-hybridized carbons (Fsp3) is 0.447. The second-order valence-corrected chi connectivity index (χ2v) is 10.2. The van der Waals surface area contributed by atoms with Gasteiger partial charge in [-0.15, -0.1) is 6.42 Å². The van der Waals surface area contributed by atoms with Crippen LogP contribution in [0.5, 0.6) is 0 Å². The standard InChI is InChI=1S/C18H18ClNO.C16H25N.2C2H6/c1-4-15(13-16-9-11-17(19)12-10-16)8-6-7-14(3)20-18(21)5-2;1-4-6-11-17(3)16-10-8-14-12-13(5-2)7-9-15(14)16;2*1-2/h2,4,7-12H,1,6,13H2,3H3,(H,20,21);7,9,12,16H,4-6,8,10-11H2,1-3H3;2*1-2H3/b14-7+,15-8+;;;. The fourth-order valence-corrected chi connectivity index (χ4v) is 4.73. The van der Waals surface area contributed by atoms with Crippen LogP contribution in [-0.4, -0.2) is 24.4 Å². The molecule has 0 heterocycles. The number of benzene rings is 2. The summed E-state index contributed by atoms with van der Waals surface area (Å²) in [4.78, 5) is 13.6. The Morgan fingerprint density at radius 2 is 1.74 bits per heavy atom. The summed E-state index contributed by atoms with van der Waals surface area (Å²) in [6.45, 7) is 19.4. The molecule has 3 rings (SSSR count). The SMILES string of the molecule is C#CC(=O)N/C(C)=C/C/C=C(\C=C)Cc1ccc(Cl)cc1.CC.CC.CCCCN(C)C1CCc2cc(CC)ccc21. The van der Waals surface area contributed by atoms with E-state index in [-0.39, 0.29) is 0 Å². The summed E-state index contributed by atoms with van der Waals surface area (Å²) < 4.78 is 0. The summed E-state index contributed by atoms with van der Waals surface area (Å²) in [5.41, 5.74) is 7.69. The molecule has 1 unspecified atom stereocenters. The van der Waals surface area contributed by atoms with Crippen LogP contribution in [-0.2, 0) is 24.1 Å². The zero-order valence-corrected chi connectivity index (χ0v) is 28.3. The molecule has 1 N–H and O–H groups in total. The number of terminal acetylenes is 1. The molecular weight excluding hydrogens is 536 g/mol. The van der Waals surface area contributed by atoms with Gasteiger partial charge in [0.15, 0.2) is 0 Å². The van der Waals surface area contributed by atoms with E-state index in [1.54, 1.807) is 18.1 Å². The van der Waals surface area contributed by atoms with E-state index in [1.807, 2.05) is 70.0 Å². The van der Waals surface area contributed by atoms with Gasteiger partial charge >= 0.3 is 0 Å². The van der Waals surface area contributed by atoms with Crippen molar-refractivity contribution in [3.05, 3.63) is 106 Å². The first-order valence-corrected chi connectivity index (χ1v) is 16.0. The third-order valence-electron chi connectivity index (χ3n) is 6.89. The molecule has 0 saturated heterocycles. The monoisotopic (exact) mass is 590 g/mol. The number of carbonyl (C=O) groups excluding carboxylic acids is 1. The van der Waals surface area contributed by atoms with Crippen molar-refractivity contribution in [2.45, 2.75) is 99.5 Å². The second-order valence-electron chi connectivity index (χ2n) is 9.78. The van der Waals surface area contributed by atoms with Crippen LogP contribution in [0.2, 0.25) is 5.02 Å². The summed E-state index contributed by atoms with van der Waals surface area (Å²) in [5, 5.41) is 3.32. The molecule has 0 bridgehead atoms. The van der Waals surface area contributed by atoms with Gasteiger partial charge < -0.3 is 5.32 Å². The molecule has 2 aromatic carbocycles. The van der Waals surface area contributed by atoms with Gasteiger partial charge in [0.1, 0.15) is 0 Å². The second kappa shape index (κ2) is 23.5. The van der Waals surface area contributed by atoms with Gasteiger partial charge in [0.05, 0.1) is 0 Å². The van der Waals surface area contributed by atoms with E-state index >= 15 is 0 Å². The minimum atomic E-state index is -0.433. The van der Waals surface area contributed by atoms with E-state index in [4.69, 9.17) is 18.0 Å². The Morgan fingerprint density at radius 3 is 2.31 bits per heavy atom. The molecular formula is C38H55ClN2O. The molecule has 42 heavy (non-hydrogen) atoms. The van der Waals surface area contributed by atoms with Crippen molar-refractivity contribution >= 4 is 17.5 Å². The van der Waals surface area contributed by atoms with Crippen LogP contribution in [0.4, 0.5) is 0 Å². The Morgan fingerprint density at radius 1 is 1.10 bits per heavy atom. The summed E-state index contributed by atoms with van der Waals surface area (Å²) in [5.74, 6) is 1.58. The molecule has 1 amide bonds. The number of rotatable bonds is 11. The summed E-state index contributed by atoms with van der Waals surface area (Å²) in [6, 6.07) is 15.5. The third kappa shape index (κ3) is 14.7. The molecule has 3 nitrogen and oxygen atoms in total. The smallest absolute Gasteiger partial charge is 0.299 e. The zero-order chi connectivity index (χ0) is 31.9. The van der Waals surface area contributed by atoms with Crippen molar-refractivity contribution in [1.29, 1.82) is 0 Å². The van der Waals surface area contributed by atoms with E-state index < -0.39 is 5.91 Å². The highest BCUT2D eigenvalue weighted by Gasteiger charge is 2.25. The Kier molecular flexibility index (Phi) is 21.8. The predicted molar refractivity (Wildman–Crippen MR) is 186 cm³/mol. The largest absolute Gasteiger partial charge is 0.320 e. The highest BCUT2D eigenvalue weighted by Crippen LogP contribution is 2.35. The summed E-state index contributed by atoms with van der Waals surface area (Å²) in [6.07, 6.45) is 18.6. The zero-order valence-electron chi connectivity index (χ0n) is 27.5. The Balaban J connectivity index is 0.000000726. The average Bonchev–Trinajstić information content (AvgIpc) is 3.46. The summed E-state index contributed by atoms with van der Waals surface area (Å²) in [7, 11) is 2.28. The van der Waals surface area contributed by atoms with E-state index in [9.17, 15) is 4.79 Å². The van der Waals surface area contributed by atoms with Crippen LogP contribution in [0, 0.1) is 12.3 Å². The lowest BCUT2D eigenvalue weighted by molar-refractivity contribution is -0.115. The first-order chi connectivity index (χ1) is 20.3. The van der Waals surface area contributed by atoms with Crippen molar-refractivity contribution < 1.29 is 4.79 Å². The predicted octanol–water partition coefficient (Wildman–Crippen LogP) is 10.1. The van der Waals surface area contributed by atoms with Gasteiger partial charge in [0.25, 0.3) is 5.91 Å². The fourth-order valence-electron chi connectivity index (χ4n) is 4.61. The molecule has 0 aliphatic heterocycles. The number of nitrogens with zero attached hydrogens (tertiary/aromatic N) is 1. The van der Waals surface area contributed by atoms with Crippen molar-refractivity contribution in [3.8, 4) is 12.3 Å². The Labute approximate surface area is 263 Å². The van der Waals surface area contributed by atoms with E-state index in [0.29, 0.717) is 12.5 Å². The van der Waals surface area contributed by atoms with Crippen LogP contribution in [0.15, 0.2) is 78.5 Å². The van der Waals surface area contributed by atoms with E-state index in [2.05, 4.69) is 62.0 Å². The number of hydrogen-bond acceptors (Lipinski definition) is 2. The lowest BCUT2D eigenvalue weighted by Gasteiger charge is -2.25. The van der Waals surface area contributed by atoms with Crippen LogP contribution >= 0.6 is 11.6 Å². The van der Waals surface area contributed by atoms with Crippen LogP contribution < -0.4 is 5.32 Å². The van der Waals surface area contributed by atoms with E-state index in [0.717, 1.165) is 29.1 Å². The number of nitrogens with one attached hydrogen (secondary N) is 1. The van der Waals surface area contributed by atoms with Gasteiger partial charge in [0, 0.05) is 16.8 Å². The van der Waals surface area contributed by atoms with Crippen molar-refractivity contribution in [1.82, 2.24) is 10.2 Å². The minimum absolute atomic E-state index is 0.433. The van der Waals surface area contributed by atoms with Gasteiger partial charge in [0.2, 0.25) is 0 Å². The first kappa shape index (κ1) is 38.9. The molecule has 0 spiro atoms. The van der Waals surface area contributed by atoms with Crippen molar-refractivity contribution in [3.63, 3.8) is 0 Å². The highest BCUT2D eigenvalue weighted by molar-refractivity contribution is 6.30. The molecule has 1 atom stereocenters. The quantitative estimate of drug-likeness (QED) is 0.208. The van der Waals surface area contributed by atoms with Gasteiger partial charge in [-0.1, -0.05) is 115 Å². The number of fused-ring (bicyclic) bond motifs is 1. The number of aryl methyl sites for hydroxylation is 2. The lowest BCUT2D eigenvalue weighted by atomic mass is 10.0. The van der Waals surface area contributed by atoms with Crippen molar-refractivity contribution in [2.24, 2.45) is 0 Å². The van der Waals surface area contributed by atoms with Gasteiger partial charge in [-0.05, 0) is 105 Å².